The molecule has 0 saturated heterocycles. The van der Waals surface area contributed by atoms with Crippen molar-refractivity contribution >= 4 is 11.7 Å². The highest BCUT2D eigenvalue weighted by atomic mass is 16.5. The Morgan fingerprint density at radius 3 is 1.47 bits per heavy atom. The second-order valence-electron chi connectivity index (χ2n) is 8.99. The van der Waals surface area contributed by atoms with Crippen LogP contribution in [0.5, 0.6) is 11.5 Å². The van der Waals surface area contributed by atoms with Crippen LogP contribution < -0.4 is 20.1 Å². The Morgan fingerprint density at radius 1 is 0.579 bits per heavy atom. The first-order valence-electron chi connectivity index (χ1n) is 13.1. The van der Waals surface area contributed by atoms with Crippen LogP contribution in [0.25, 0.3) is 0 Å². The molecule has 0 saturated carbocycles. The van der Waals surface area contributed by atoms with Gasteiger partial charge in [0, 0.05) is 24.2 Å². The largest absolute Gasteiger partial charge is 0.491 e. The van der Waals surface area contributed by atoms with E-state index in [0.29, 0.717) is 39.6 Å². The van der Waals surface area contributed by atoms with Gasteiger partial charge in [0.05, 0.1) is 39.5 Å². The minimum Gasteiger partial charge on any atom is -0.491 e. The first-order chi connectivity index (χ1) is 18.8. The molecule has 0 bridgehead atoms. The smallest absolute Gasteiger partial charge is 0.128 e. The van der Waals surface area contributed by atoms with Crippen LogP contribution in [0.2, 0.25) is 0 Å². The summed E-state index contributed by atoms with van der Waals surface area (Å²) in [6, 6.07) is 24.2. The molecular weight excluding hydrogens is 480 g/mol. The lowest BCUT2D eigenvalue weighted by atomic mass is 10.1. The Labute approximate surface area is 223 Å². The molecule has 0 radical (unpaired) electrons. The zero-order valence-corrected chi connectivity index (χ0v) is 21.5. The Morgan fingerprint density at radius 2 is 1.05 bits per heavy atom. The molecular formula is C30H34N4O4. The number of benzene rings is 3. The quantitative estimate of drug-likeness (QED) is 0.320. The summed E-state index contributed by atoms with van der Waals surface area (Å²) in [5, 5.41) is 6.55. The molecule has 0 atom stereocenters. The summed E-state index contributed by atoms with van der Waals surface area (Å²) in [6.07, 6.45) is 0. The van der Waals surface area contributed by atoms with Crippen molar-refractivity contribution in [2.24, 2.45) is 9.98 Å². The van der Waals surface area contributed by atoms with Gasteiger partial charge in [-0.15, -0.1) is 0 Å². The van der Waals surface area contributed by atoms with Crippen molar-refractivity contribution < 1.29 is 18.9 Å². The molecule has 2 heterocycles. The van der Waals surface area contributed by atoms with Crippen LogP contribution in [-0.4, -0.2) is 64.3 Å². The number of nitrogens with zero attached hydrogens (tertiary/aromatic N) is 2. The fourth-order valence-electron chi connectivity index (χ4n) is 4.23. The van der Waals surface area contributed by atoms with E-state index in [1.54, 1.807) is 0 Å². The molecule has 2 aliphatic rings. The van der Waals surface area contributed by atoms with E-state index in [1.165, 1.54) is 0 Å². The monoisotopic (exact) mass is 514 g/mol. The Balaban J connectivity index is 0.945. The van der Waals surface area contributed by atoms with E-state index in [9.17, 15) is 0 Å². The summed E-state index contributed by atoms with van der Waals surface area (Å²) < 4.78 is 23.2. The Bertz CT molecular complexity index is 1130. The third kappa shape index (κ3) is 7.57. The number of rotatable bonds is 14. The van der Waals surface area contributed by atoms with E-state index in [4.69, 9.17) is 18.9 Å². The van der Waals surface area contributed by atoms with E-state index >= 15 is 0 Å². The lowest BCUT2D eigenvalue weighted by Gasteiger charge is -2.10. The Kier molecular flexibility index (Phi) is 9.22. The maximum absolute atomic E-state index is 5.81. The fraction of sp³-hybridized carbons (Fsp3) is 0.333. The minimum atomic E-state index is 0.496. The molecule has 198 valence electrons. The molecule has 2 aliphatic heterocycles. The van der Waals surface area contributed by atoms with Crippen LogP contribution in [0.3, 0.4) is 0 Å². The number of nitrogens with one attached hydrogen (secondary N) is 2. The molecule has 0 spiro atoms. The maximum atomic E-state index is 5.81. The van der Waals surface area contributed by atoms with Crippen molar-refractivity contribution in [3.63, 3.8) is 0 Å². The number of aliphatic imine (C=N–C) groups is 2. The number of hydrogen-bond donors (Lipinski definition) is 2. The third-order valence-corrected chi connectivity index (χ3v) is 6.13. The van der Waals surface area contributed by atoms with Crippen LogP contribution in [0.1, 0.15) is 22.3 Å². The molecule has 3 aromatic carbocycles. The SMILES string of the molecule is c1cc(COCCOc2ccc(C3=NCCN3)cc2)cc(COCCOc2ccc(C3=NCCN3)cc2)c1. The van der Waals surface area contributed by atoms with Gasteiger partial charge >= 0.3 is 0 Å². The van der Waals surface area contributed by atoms with Gasteiger partial charge in [0.2, 0.25) is 0 Å². The van der Waals surface area contributed by atoms with Gasteiger partial charge in [0.25, 0.3) is 0 Å². The minimum absolute atomic E-state index is 0.496. The van der Waals surface area contributed by atoms with E-state index in [-0.39, 0.29) is 0 Å². The predicted octanol–water partition coefficient (Wildman–Crippen LogP) is 3.58. The highest BCUT2D eigenvalue weighted by Crippen LogP contribution is 2.15. The van der Waals surface area contributed by atoms with Crippen molar-refractivity contribution in [1.29, 1.82) is 0 Å². The number of ether oxygens (including phenoxy) is 4. The molecule has 0 unspecified atom stereocenters. The highest BCUT2D eigenvalue weighted by molar-refractivity contribution is 6.00. The van der Waals surface area contributed by atoms with Gasteiger partial charge in [-0.05, 0) is 59.7 Å². The van der Waals surface area contributed by atoms with E-state index in [2.05, 4.69) is 38.8 Å². The van der Waals surface area contributed by atoms with Gasteiger partial charge in [-0.25, -0.2) is 0 Å². The van der Waals surface area contributed by atoms with Gasteiger partial charge < -0.3 is 29.6 Å². The molecule has 38 heavy (non-hydrogen) atoms. The molecule has 8 nitrogen and oxygen atoms in total. The van der Waals surface area contributed by atoms with Crippen LogP contribution >= 0.6 is 0 Å². The number of hydrogen-bond acceptors (Lipinski definition) is 8. The van der Waals surface area contributed by atoms with Crippen molar-refractivity contribution in [2.45, 2.75) is 13.2 Å². The molecule has 3 aromatic rings. The summed E-state index contributed by atoms with van der Waals surface area (Å²) in [5.41, 5.74) is 4.39. The average molecular weight is 515 g/mol. The van der Waals surface area contributed by atoms with Crippen LogP contribution in [0.15, 0.2) is 82.8 Å². The summed E-state index contributed by atoms with van der Waals surface area (Å²) in [6.45, 7) is 6.56. The summed E-state index contributed by atoms with van der Waals surface area (Å²) in [4.78, 5) is 8.87. The van der Waals surface area contributed by atoms with Crippen LogP contribution in [0, 0.1) is 0 Å². The molecule has 8 heteroatoms. The van der Waals surface area contributed by atoms with Crippen molar-refractivity contribution in [1.82, 2.24) is 10.6 Å². The zero-order chi connectivity index (χ0) is 25.8. The molecule has 0 amide bonds. The summed E-state index contributed by atoms with van der Waals surface area (Å²) >= 11 is 0. The molecule has 0 fully saturated rings. The second-order valence-corrected chi connectivity index (χ2v) is 8.99. The van der Waals surface area contributed by atoms with Gasteiger partial charge in [-0.2, -0.15) is 0 Å². The Hall–Kier alpha value is -3.88. The first kappa shape index (κ1) is 25.8. The van der Waals surface area contributed by atoms with E-state index in [1.807, 2.05) is 54.6 Å². The van der Waals surface area contributed by atoms with Crippen molar-refractivity contribution in [3.8, 4) is 11.5 Å². The van der Waals surface area contributed by atoms with Crippen LogP contribution in [0.4, 0.5) is 0 Å². The van der Waals surface area contributed by atoms with E-state index in [0.717, 1.165) is 71.6 Å². The van der Waals surface area contributed by atoms with Crippen LogP contribution in [-0.2, 0) is 22.7 Å². The average Bonchev–Trinajstić information content (AvgIpc) is 3.69. The van der Waals surface area contributed by atoms with E-state index < -0.39 is 0 Å². The highest BCUT2D eigenvalue weighted by Gasteiger charge is 2.08. The van der Waals surface area contributed by atoms with Gasteiger partial charge in [-0.1, -0.05) is 24.3 Å². The summed E-state index contributed by atoms with van der Waals surface area (Å²) in [5.74, 6) is 3.56. The van der Waals surface area contributed by atoms with Gasteiger partial charge in [-0.3, -0.25) is 9.98 Å². The predicted molar refractivity (Wildman–Crippen MR) is 148 cm³/mol. The number of amidine groups is 2. The summed E-state index contributed by atoms with van der Waals surface area (Å²) in [7, 11) is 0. The lowest BCUT2D eigenvalue weighted by molar-refractivity contribution is 0.0859. The van der Waals surface area contributed by atoms with Gasteiger partial charge in [0.15, 0.2) is 0 Å². The maximum Gasteiger partial charge on any atom is 0.128 e. The zero-order valence-electron chi connectivity index (χ0n) is 21.5. The standard InChI is InChI=1S/C30H34N4O4/c1-2-23(21-35-16-18-37-27-8-4-25(5-9-27)29-31-12-13-32-29)20-24(3-1)22-36-17-19-38-28-10-6-26(7-11-28)30-33-14-15-34-30/h1-11,20H,12-19,21-22H2,(H,31,32)(H,33,34). The first-order valence-corrected chi connectivity index (χ1v) is 13.1. The van der Waals surface area contributed by atoms with Gasteiger partial charge in [0.1, 0.15) is 36.4 Å². The van der Waals surface area contributed by atoms with Crippen molar-refractivity contribution in [2.75, 3.05) is 52.6 Å². The molecule has 0 aliphatic carbocycles. The molecule has 0 aromatic heterocycles. The fourth-order valence-corrected chi connectivity index (χ4v) is 4.23. The third-order valence-electron chi connectivity index (χ3n) is 6.13. The topological polar surface area (TPSA) is 85.7 Å². The normalized spacial score (nSPS) is 14.4. The lowest BCUT2D eigenvalue weighted by Crippen LogP contribution is -2.19. The molecule has 5 rings (SSSR count). The molecule has 2 N–H and O–H groups in total. The van der Waals surface area contributed by atoms with Crippen molar-refractivity contribution in [3.05, 3.63) is 95.1 Å². The second kappa shape index (κ2) is 13.6.